The van der Waals surface area contributed by atoms with Crippen molar-refractivity contribution >= 4 is 23.2 Å². The van der Waals surface area contributed by atoms with Crippen LogP contribution in [0.5, 0.6) is 0 Å². The molecule has 0 aromatic heterocycles. The molecule has 0 bridgehead atoms. The van der Waals surface area contributed by atoms with Crippen molar-refractivity contribution in [2.75, 3.05) is 6.54 Å². The fourth-order valence-electron chi connectivity index (χ4n) is 2.73. The molecule has 0 saturated heterocycles. The first-order valence-electron chi connectivity index (χ1n) is 6.56. The average Bonchev–Trinajstić information content (AvgIpc) is 2.42. The number of halogens is 2. The smallest absolute Gasteiger partial charge is 0.105 e. The van der Waals surface area contributed by atoms with Crippen molar-refractivity contribution in [3.05, 3.63) is 69.2 Å². The molecule has 1 nitrogen and oxygen atoms in total. The lowest BCUT2D eigenvalue weighted by molar-refractivity contribution is -0.929. The Labute approximate surface area is 123 Å². The van der Waals surface area contributed by atoms with Gasteiger partial charge in [-0.15, -0.1) is 0 Å². The van der Waals surface area contributed by atoms with Gasteiger partial charge in [-0.1, -0.05) is 53.5 Å². The van der Waals surface area contributed by atoms with Gasteiger partial charge < -0.3 is 4.90 Å². The third-order valence-electron chi connectivity index (χ3n) is 3.76. The lowest BCUT2D eigenvalue weighted by Gasteiger charge is -2.26. The van der Waals surface area contributed by atoms with E-state index in [1.165, 1.54) is 16.7 Å². The molecule has 0 saturated carbocycles. The van der Waals surface area contributed by atoms with Crippen LogP contribution in [-0.4, -0.2) is 6.54 Å². The molecule has 3 rings (SSSR count). The van der Waals surface area contributed by atoms with E-state index in [9.17, 15) is 0 Å². The van der Waals surface area contributed by atoms with Crippen LogP contribution in [0, 0.1) is 0 Å². The summed E-state index contributed by atoms with van der Waals surface area (Å²) in [5, 5.41) is 1.48. The number of fused-ring (bicyclic) bond motifs is 1. The van der Waals surface area contributed by atoms with Gasteiger partial charge >= 0.3 is 0 Å². The number of quaternary nitrogens is 1. The standard InChI is InChI=1S/C16H15Cl2N/c17-15-6-5-14(16(18)9-15)11-19-8-7-12-3-1-2-4-13(12)10-19/h1-6,9H,7-8,10-11H2/p+1. The predicted molar refractivity (Wildman–Crippen MR) is 79.8 cm³/mol. The lowest BCUT2D eigenvalue weighted by Crippen LogP contribution is -3.10. The highest BCUT2D eigenvalue weighted by atomic mass is 35.5. The van der Waals surface area contributed by atoms with Crippen molar-refractivity contribution in [1.82, 2.24) is 0 Å². The van der Waals surface area contributed by atoms with Gasteiger partial charge in [0.05, 0.1) is 11.6 Å². The fourth-order valence-corrected chi connectivity index (χ4v) is 3.20. The van der Waals surface area contributed by atoms with E-state index >= 15 is 0 Å². The van der Waals surface area contributed by atoms with Crippen molar-refractivity contribution < 1.29 is 4.90 Å². The van der Waals surface area contributed by atoms with E-state index in [1.54, 1.807) is 4.90 Å². The molecule has 0 radical (unpaired) electrons. The Morgan fingerprint density at radius 1 is 1.00 bits per heavy atom. The number of benzene rings is 2. The monoisotopic (exact) mass is 292 g/mol. The van der Waals surface area contributed by atoms with Crippen LogP contribution in [0.4, 0.5) is 0 Å². The maximum absolute atomic E-state index is 6.25. The minimum absolute atomic E-state index is 0.702. The zero-order valence-corrected chi connectivity index (χ0v) is 12.1. The third kappa shape index (κ3) is 2.94. The molecule has 19 heavy (non-hydrogen) atoms. The van der Waals surface area contributed by atoms with E-state index in [-0.39, 0.29) is 0 Å². The molecule has 1 aliphatic heterocycles. The van der Waals surface area contributed by atoms with Crippen molar-refractivity contribution in [2.24, 2.45) is 0 Å². The second-order valence-electron chi connectivity index (χ2n) is 5.11. The summed E-state index contributed by atoms with van der Waals surface area (Å²) in [5.74, 6) is 0. The van der Waals surface area contributed by atoms with Gasteiger partial charge in [-0.3, -0.25) is 0 Å². The van der Waals surface area contributed by atoms with Gasteiger partial charge in [0.2, 0.25) is 0 Å². The molecule has 0 aliphatic carbocycles. The maximum Gasteiger partial charge on any atom is 0.105 e. The Balaban J connectivity index is 1.75. The molecule has 1 unspecified atom stereocenters. The molecule has 0 fully saturated rings. The molecule has 3 heteroatoms. The molecule has 1 N–H and O–H groups in total. The van der Waals surface area contributed by atoms with E-state index in [2.05, 4.69) is 24.3 Å². The largest absolute Gasteiger partial charge is 0.327 e. The molecular weight excluding hydrogens is 277 g/mol. The van der Waals surface area contributed by atoms with E-state index in [4.69, 9.17) is 23.2 Å². The summed E-state index contributed by atoms with van der Waals surface area (Å²) in [6.45, 7) is 3.20. The minimum Gasteiger partial charge on any atom is -0.327 e. The van der Waals surface area contributed by atoms with Crippen LogP contribution in [0.2, 0.25) is 10.0 Å². The second-order valence-corrected chi connectivity index (χ2v) is 5.95. The van der Waals surface area contributed by atoms with E-state index in [1.807, 2.05) is 18.2 Å². The lowest BCUT2D eigenvalue weighted by atomic mass is 9.99. The van der Waals surface area contributed by atoms with Crippen LogP contribution >= 0.6 is 23.2 Å². The third-order valence-corrected chi connectivity index (χ3v) is 4.35. The Morgan fingerprint density at radius 3 is 2.58 bits per heavy atom. The second kappa shape index (κ2) is 5.54. The summed E-state index contributed by atoms with van der Waals surface area (Å²) < 4.78 is 0. The van der Waals surface area contributed by atoms with Gasteiger partial charge in [0.1, 0.15) is 13.1 Å². The Hall–Kier alpha value is -1.02. The van der Waals surface area contributed by atoms with Crippen molar-refractivity contribution in [3.63, 3.8) is 0 Å². The zero-order valence-electron chi connectivity index (χ0n) is 10.6. The number of hydrogen-bond acceptors (Lipinski definition) is 0. The average molecular weight is 293 g/mol. The molecule has 0 spiro atoms. The van der Waals surface area contributed by atoms with Crippen LogP contribution in [0.3, 0.4) is 0 Å². The molecular formula is C16H16Cl2N+. The highest BCUT2D eigenvalue weighted by molar-refractivity contribution is 6.35. The molecule has 2 aromatic rings. The molecule has 2 aromatic carbocycles. The summed E-state index contributed by atoms with van der Waals surface area (Å²) in [6.07, 6.45) is 1.15. The Morgan fingerprint density at radius 2 is 1.79 bits per heavy atom. The summed E-state index contributed by atoms with van der Waals surface area (Å²) in [4.78, 5) is 1.56. The molecule has 0 amide bonds. The summed E-state index contributed by atoms with van der Waals surface area (Å²) >= 11 is 12.2. The highest BCUT2D eigenvalue weighted by Gasteiger charge is 2.19. The maximum atomic E-state index is 6.25. The predicted octanol–water partition coefficient (Wildman–Crippen LogP) is 3.13. The van der Waals surface area contributed by atoms with E-state index in [0.717, 1.165) is 31.1 Å². The Kier molecular flexibility index (Phi) is 3.79. The highest BCUT2D eigenvalue weighted by Crippen LogP contribution is 2.20. The van der Waals surface area contributed by atoms with Crippen molar-refractivity contribution in [2.45, 2.75) is 19.5 Å². The SMILES string of the molecule is Clc1ccc(C[NH+]2CCc3ccccc3C2)c(Cl)c1. The zero-order chi connectivity index (χ0) is 13.2. The quantitative estimate of drug-likeness (QED) is 0.867. The van der Waals surface area contributed by atoms with Gasteiger partial charge in [-0.25, -0.2) is 0 Å². The summed E-state index contributed by atoms with van der Waals surface area (Å²) in [5.41, 5.74) is 4.14. The van der Waals surface area contributed by atoms with Gasteiger partial charge in [-0.2, -0.15) is 0 Å². The van der Waals surface area contributed by atoms with Crippen LogP contribution < -0.4 is 4.90 Å². The molecule has 98 valence electrons. The number of hydrogen-bond donors (Lipinski definition) is 1. The van der Waals surface area contributed by atoms with E-state index < -0.39 is 0 Å². The Bertz CT molecular complexity index is 595. The first-order valence-corrected chi connectivity index (χ1v) is 7.32. The van der Waals surface area contributed by atoms with Crippen LogP contribution in [0.1, 0.15) is 16.7 Å². The molecule has 1 aliphatic rings. The normalized spacial score (nSPS) is 18.1. The van der Waals surface area contributed by atoms with Crippen LogP contribution in [-0.2, 0) is 19.5 Å². The van der Waals surface area contributed by atoms with Gasteiger partial charge in [-0.05, 0) is 17.7 Å². The summed E-state index contributed by atoms with van der Waals surface area (Å²) in [7, 11) is 0. The fraction of sp³-hybridized carbons (Fsp3) is 0.250. The van der Waals surface area contributed by atoms with Gasteiger partial charge in [0.15, 0.2) is 0 Å². The first kappa shape index (κ1) is 13.0. The van der Waals surface area contributed by atoms with Crippen molar-refractivity contribution in [3.8, 4) is 0 Å². The summed E-state index contributed by atoms with van der Waals surface area (Å²) in [6, 6.07) is 14.5. The van der Waals surface area contributed by atoms with Crippen molar-refractivity contribution in [1.29, 1.82) is 0 Å². The van der Waals surface area contributed by atoms with E-state index in [0.29, 0.717) is 5.02 Å². The molecule has 1 heterocycles. The van der Waals surface area contributed by atoms with Crippen LogP contribution in [0.15, 0.2) is 42.5 Å². The topological polar surface area (TPSA) is 4.44 Å². The van der Waals surface area contributed by atoms with Crippen LogP contribution in [0.25, 0.3) is 0 Å². The first-order chi connectivity index (χ1) is 9.22. The number of rotatable bonds is 2. The van der Waals surface area contributed by atoms with Gasteiger partial charge in [0, 0.05) is 22.6 Å². The van der Waals surface area contributed by atoms with Gasteiger partial charge in [0.25, 0.3) is 0 Å². The number of nitrogens with one attached hydrogen (secondary N) is 1. The minimum atomic E-state index is 0.702. The molecule has 1 atom stereocenters.